The van der Waals surface area contributed by atoms with E-state index in [1.165, 1.54) is 0 Å². The van der Waals surface area contributed by atoms with Gasteiger partial charge >= 0.3 is 0 Å². The van der Waals surface area contributed by atoms with Gasteiger partial charge in [0.1, 0.15) is 5.82 Å². The van der Waals surface area contributed by atoms with Crippen LogP contribution in [0.15, 0.2) is 12.3 Å². The van der Waals surface area contributed by atoms with Gasteiger partial charge in [-0.1, -0.05) is 11.6 Å². The van der Waals surface area contributed by atoms with Crippen LogP contribution in [0.5, 0.6) is 0 Å². The zero-order valence-electron chi connectivity index (χ0n) is 9.97. The molecule has 0 spiro atoms. The summed E-state index contributed by atoms with van der Waals surface area (Å²) in [5, 5.41) is 0.525. The Morgan fingerprint density at radius 3 is 2.83 bits per heavy atom. The maximum Gasteiger partial charge on any atom is 0.152 e. The molecule has 2 rings (SSSR count). The Morgan fingerprint density at radius 1 is 1.39 bits per heavy atom. The quantitative estimate of drug-likeness (QED) is 0.872. The van der Waals surface area contributed by atoms with E-state index in [2.05, 4.69) is 4.98 Å². The lowest BCUT2D eigenvalue weighted by molar-refractivity contribution is 0.597. The van der Waals surface area contributed by atoms with Crippen molar-refractivity contribution in [3.8, 4) is 0 Å². The minimum Gasteiger partial charge on any atom is -0.354 e. The molecule has 0 aromatic carbocycles. The van der Waals surface area contributed by atoms with Crippen molar-refractivity contribution in [2.24, 2.45) is 5.73 Å². The Kier molecular flexibility index (Phi) is 4.09. The molecule has 0 saturated carbocycles. The molecule has 0 aliphatic carbocycles. The summed E-state index contributed by atoms with van der Waals surface area (Å²) in [5.74, 6) is 1.04. The molecule has 0 atom stereocenters. The van der Waals surface area contributed by atoms with E-state index in [1.54, 1.807) is 12.3 Å². The lowest BCUT2D eigenvalue weighted by Crippen LogP contribution is -2.28. The Morgan fingerprint density at radius 2 is 2.17 bits per heavy atom. The van der Waals surface area contributed by atoms with Crippen molar-refractivity contribution in [2.75, 3.05) is 29.5 Å². The largest absolute Gasteiger partial charge is 0.354 e. The van der Waals surface area contributed by atoms with Gasteiger partial charge in [-0.15, -0.1) is 0 Å². The Labute approximate surface area is 112 Å². The predicted molar refractivity (Wildman–Crippen MR) is 72.6 cm³/mol. The van der Waals surface area contributed by atoms with Crippen LogP contribution >= 0.6 is 11.6 Å². The highest BCUT2D eigenvalue weighted by molar-refractivity contribution is 7.91. The van der Waals surface area contributed by atoms with Crippen LogP contribution in [-0.4, -0.2) is 38.0 Å². The number of halogens is 1. The zero-order chi connectivity index (χ0) is 13.2. The second-order valence-electron chi connectivity index (χ2n) is 4.35. The Bertz CT molecular complexity index is 533. The lowest BCUT2D eigenvalue weighted by atomic mass is 10.2. The highest BCUT2D eigenvalue weighted by Gasteiger charge is 2.21. The molecule has 2 heterocycles. The molecule has 7 heteroatoms. The molecular formula is C11H16ClN3O2S. The Balaban J connectivity index is 2.21. The van der Waals surface area contributed by atoms with E-state index < -0.39 is 9.84 Å². The Hall–Kier alpha value is -0.850. The van der Waals surface area contributed by atoms with Gasteiger partial charge in [0.05, 0.1) is 16.5 Å². The van der Waals surface area contributed by atoms with Gasteiger partial charge in [-0.05, 0) is 18.1 Å². The first-order valence-corrected chi connectivity index (χ1v) is 8.01. The van der Waals surface area contributed by atoms with Gasteiger partial charge in [-0.3, -0.25) is 0 Å². The number of sulfone groups is 1. The second kappa shape index (κ2) is 5.42. The third-order valence-electron chi connectivity index (χ3n) is 2.97. The molecule has 0 unspecified atom stereocenters. The number of aromatic nitrogens is 1. The predicted octanol–water partition coefficient (Wildman–Crippen LogP) is 0.819. The zero-order valence-corrected chi connectivity index (χ0v) is 11.5. The smallest absolute Gasteiger partial charge is 0.152 e. The van der Waals surface area contributed by atoms with Crippen molar-refractivity contribution < 1.29 is 8.42 Å². The van der Waals surface area contributed by atoms with Crippen molar-refractivity contribution in [1.82, 2.24) is 4.98 Å². The van der Waals surface area contributed by atoms with E-state index in [9.17, 15) is 8.42 Å². The van der Waals surface area contributed by atoms with Crippen LogP contribution in [0.4, 0.5) is 5.82 Å². The van der Waals surface area contributed by atoms with Crippen molar-refractivity contribution >= 4 is 27.3 Å². The van der Waals surface area contributed by atoms with Crippen molar-refractivity contribution in [3.63, 3.8) is 0 Å². The van der Waals surface area contributed by atoms with E-state index in [1.807, 2.05) is 4.90 Å². The molecule has 100 valence electrons. The highest BCUT2D eigenvalue weighted by atomic mass is 35.5. The number of nitrogens with two attached hydrogens (primary N) is 1. The van der Waals surface area contributed by atoms with Crippen molar-refractivity contribution in [3.05, 3.63) is 22.8 Å². The second-order valence-corrected chi connectivity index (χ2v) is 7.06. The summed E-state index contributed by atoms with van der Waals surface area (Å²) in [6.45, 7) is 1.49. The molecule has 0 amide bonds. The molecule has 0 bridgehead atoms. The third-order valence-corrected chi connectivity index (χ3v) is 4.96. The van der Waals surface area contributed by atoms with Gasteiger partial charge < -0.3 is 10.6 Å². The van der Waals surface area contributed by atoms with Crippen LogP contribution in [0.25, 0.3) is 0 Å². The van der Waals surface area contributed by atoms with E-state index in [4.69, 9.17) is 17.3 Å². The number of nitrogens with zero attached hydrogens (tertiary/aromatic N) is 2. The van der Waals surface area contributed by atoms with E-state index >= 15 is 0 Å². The number of anilines is 1. The summed E-state index contributed by atoms with van der Waals surface area (Å²) in [5.41, 5.74) is 6.38. The SMILES string of the molecule is NCc1cnc(N2CCCS(=O)(=O)CC2)c(Cl)c1. The summed E-state index contributed by atoms with van der Waals surface area (Å²) < 4.78 is 23.1. The standard InChI is InChI=1S/C11H16ClN3O2S/c12-10-6-9(7-13)8-14-11(10)15-2-1-4-18(16,17)5-3-15/h6,8H,1-5,7,13H2. The van der Waals surface area contributed by atoms with Gasteiger partial charge in [0.2, 0.25) is 0 Å². The fourth-order valence-corrected chi connectivity index (χ4v) is 3.54. The minimum absolute atomic E-state index is 0.156. The first-order chi connectivity index (χ1) is 8.52. The van der Waals surface area contributed by atoms with Crippen LogP contribution in [0.1, 0.15) is 12.0 Å². The average molecular weight is 290 g/mol. The molecule has 0 radical (unpaired) electrons. The van der Waals surface area contributed by atoms with E-state index in [-0.39, 0.29) is 11.5 Å². The maximum absolute atomic E-state index is 11.5. The van der Waals surface area contributed by atoms with E-state index in [0.717, 1.165) is 5.56 Å². The molecule has 5 nitrogen and oxygen atoms in total. The third kappa shape index (κ3) is 3.13. The molecule has 1 fully saturated rings. The monoisotopic (exact) mass is 289 g/mol. The van der Waals surface area contributed by atoms with Gasteiger partial charge in [0.25, 0.3) is 0 Å². The molecular weight excluding hydrogens is 274 g/mol. The minimum atomic E-state index is -2.92. The van der Waals surface area contributed by atoms with Gasteiger partial charge in [0, 0.05) is 25.8 Å². The topological polar surface area (TPSA) is 76.3 Å². The summed E-state index contributed by atoms with van der Waals surface area (Å²) in [6.07, 6.45) is 2.29. The summed E-state index contributed by atoms with van der Waals surface area (Å²) >= 11 is 6.16. The maximum atomic E-state index is 11.5. The fourth-order valence-electron chi connectivity index (χ4n) is 1.96. The molecule has 1 aromatic rings. The molecule has 1 aromatic heterocycles. The highest BCUT2D eigenvalue weighted by Crippen LogP contribution is 2.25. The van der Waals surface area contributed by atoms with Gasteiger partial charge in [-0.2, -0.15) is 0 Å². The molecule has 1 aliphatic rings. The van der Waals surface area contributed by atoms with Crippen LogP contribution < -0.4 is 10.6 Å². The van der Waals surface area contributed by atoms with Crippen molar-refractivity contribution in [2.45, 2.75) is 13.0 Å². The molecule has 18 heavy (non-hydrogen) atoms. The number of rotatable bonds is 2. The fraction of sp³-hybridized carbons (Fsp3) is 0.545. The lowest BCUT2D eigenvalue weighted by Gasteiger charge is -2.22. The van der Waals surface area contributed by atoms with Gasteiger partial charge in [0.15, 0.2) is 9.84 Å². The number of hydrogen-bond acceptors (Lipinski definition) is 5. The van der Waals surface area contributed by atoms with E-state index in [0.29, 0.717) is 36.9 Å². The molecule has 1 aliphatic heterocycles. The summed E-state index contributed by atoms with van der Waals surface area (Å²) in [7, 11) is -2.92. The molecule has 1 saturated heterocycles. The summed E-state index contributed by atoms with van der Waals surface area (Å²) in [6, 6.07) is 1.78. The van der Waals surface area contributed by atoms with Crippen LogP contribution in [0.3, 0.4) is 0 Å². The average Bonchev–Trinajstić information content (AvgIpc) is 2.50. The van der Waals surface area contributed by atoms with Crippen molar-refractivity contribution in [1.29, 1.82) is 0 Å². The summed E-state index contributed by atoms with van der Waals surface area (Å²) in [4.78, 5) is 6.21. The first kappa shape index (κ1) is 13.6. The molecule has 2 N–H and O–H groups in total. The number of pyridine rings is 1. The number of hydrogen-bond donors (Lipinski definition) is 1. The van der Waals surface area contributed by atoms with Gasteiger partial charge in [-0.25, -0.2) is 13.4 Å². The first-order valence-electron chi connectivity index (χ1n) is 5.82. The van der Waals surface area contributed by atoms with Crippen LogP contribution in [0.2, 0.25) is 5.02 Å². The van der Waals surface area contributed by atoms with Crippen LogP contribution in [0, 0.1) is 0 Å². The normalized spacial score (nSPS) is 19.6. The van der Waals surface area contributed by atoms with Crippen LogP contribution in [-0.2, 0) is 16.4 Å².